The first kappa shape index (κ1) is 14.8. The highest BCUT2D eigenvalue weighted by Gasteiger charge is 2.17. The van der Waals surface area contributed by atoms with Crippen LogP contribution in [0.15, 0.2) is 16.0 Å². The summed E-state index contributed by atoms with van der Waals surface area (Å²) in [5.41, 5.74) is 1.85. The van der Waals surface area contributed by atoms with Crippen LogP contribution in [-0.2, 0) is 6.42 Å². The monoisotopic (exact) mass is 292 g/mol. The summed E-state index contributed by atoms with van der Waals surface area (Å²) in [7, 11) is 0. The Morgan fingerprint density at radius 2 is 2.10 bits per heavy atom. The molecule has 108 valence electrons. The summed E-state index contributed by atoms with van der Waals surface area (Å²) in [6.45, 7) is 10.4. The molecule has 0 aliphatic rings. The molecule has 0 aliphatic heterocycles. The maximum atomic E-state index is 12.2. The number of carbonyl (C=O) groups excluding carboxylic acids is 1. The van der Waals surface area contributed by atoms with Crippen molar-refractivity contribution in [1.29, 1.82) is 0 Å². The zero-order valence-electron chi connectivity index (χ0n) is 12.5. The van der Waals surface area contributed by atoms with Crippen LogP contribution in [0, 0.1) is 19.3 Å². The van der Waals surface area contributed by atoms with E-state index < -0.39 is 0 Å². The van der Waals surface area contributed by atoms with Crippen LogP contribution in [0.5, 0.6) is 0 Å². The molecule has 0 aromatic carbocycles. The molecule has 0 saturated carbocycles. The fourth-order valence-corrected chi connectivity index (χ4v) is 2.76. The van der Waals surface area contributed by atoms with E-state index >= 15 is 0 Å². The Balaban J connectivity index is 2.07. The third-order valence-corrected chi connectivity index (χ3v) is 4.05. The van der Waals surface area contributed by atoms with E-state index in [9.17, 15) is 4.79 Å². The molecule has 0 radical (unpaired) electrons. The second-order valence-electron chi connectivity index (χ2n) is 6.20. The highest BCUT2D eigenvalue weighted by Crippen LogP contribution is 2.24. The number of hydrogen-bond acceptors (Lipinski definition) is 4. The van der Waals surface area contributed by atoms with E-state index in [0.717, 1.165) is 22.6 Å². The summed E-state index contributed by atoms with van der Waals surface area (Å²) >= 11 is 1.58. The number of amides is 1. The van der Waals surface area contributed by atoms with Crippen molar-refractivity contribution in [3.8, 4) is 0 Å². The van der Waals surface area contributed by atoms with Gasteiger partial charge in [-0.3, -0.25) is 4.79 Å². The lowest BCUT2D eigenvalue weighted by Gasteiger charge is -2.14. The fourth-order valence-electron chi connectivity index (χ4n) is 1.90. The quantitative estimate of drug-likeness (QED) is 0.922. The maximum Gasteiger partial charge on any atom is 0.258 e. The Morgan fingerprint density at radius 1 is 1.40 bits per heavy atom. The van der Waals surface area contributed by atoms with Gasteiger partial charge >= 0.3 is 0 Å². The number of thiophene rings is 1. The fraction of sp³-hybridized carbons (Fsp3) is 0.467. The van der Waals surface area contributed by atoms with Crippen LogP contribution in [0.1, 0.15) is 47.3 Å². The summed E-state index contributed by atoms with van der Waals surface area (Å²) in [6, 6.07) is 1.79. The van der Waals surface area contributed by atoms with Crippen LogP contribution in [0.2, 0.25) is 0 Å². The number of nitrogens with one attached hydrogen (secondary N) is 1. The molecular weight excluding hydrogens is 272 g/mol. The Kier molecular flexibility index (Phi) is 3.99. The standard InChI is InChI=1S/C15H20N2O2S/c1-9-10(2)20-8-12(9)14(18)16-13-6-11(19-17-13)7-15(3,4)5/h6,8H,7H2,1-5H3,(H,16,17,18). The minimum atomic E-state index is -0.137. The molecule has 4 nitrogen and oxygen atoms in total. The summed E-state index contributed by atoms with van der Waals surface area (Å²) < 4.78 is 5.25. The summed E-state index contributed by atoms with van der Waals surface area (Å²) in [6.07, 6.45) is 0.784. The Hall–Kier alpha value is -1.62. The van der Waals surface area contributed by atoms with Crippen molar-refractivity contribution in [2.45, 2.75) is 41.0 Å². The zero-order valence-corrected chi connectivity index (χ0v) is 13.4. The van der Waals surface area contributed by atoms with Gasteiger partial charge in [0.25, 0.3) is 5.91 Å². The molecule has 2 rings (SSSR count). The van der Waals surface area contributed by atoms with Crippen LogP contribution in [0.25, 0.3) is 0 Å². The molecule has 0 fully saturated rings. The van der Waals surface area contributed by atoms with Crippen molar-refractivity contribution >= 4 is 23.1 Å². The second-order valence-corrected chi connectivity index (χ2v) is 7.28. The van der Waals surface area contributed by atoms with Gasteiger partial charge in [-0.25, -0.2) is 0 Å². The van der Waals surface area contributed by atoms with Crippen LogP contribution < -0.4 is 5.32 Å². The highest BCUT2D eigenvalue weighted by atomic mass is 32.1. The van der Waals surface area contributed by atoms with Gasteiger partial charge in [-0.1, -0.05) is 25.9 Å². The lowest BCUT2D eigenvalue weighted by molar-refractivity contribution is 0.102. The molecule has 0 spiro atoms. The van der Waals surface area contributed by atoms with Gasteiger partial charge in [0.2, 0.25) is 0 Å². The van der Waals surface area contributed by atoms with E-state index in [1.165, 1.54) is 0 Å². The normalized spacial score (nSPS) is 11.7. The van der Waals surface area contributed by atoms with Crippen LogP contribution in [0.4, 0.5) is 5.82 Å². The summed E-state index contributed by atoms with van der Waals surface area (Å²) in [5.74, 6) is 1.12. The minimum Gasteiger partial charge on any atom is -0.359 e. The van der Waals surface area contributed by atoms with E-state index in [0.29, 0.717) is 11.4 Å². The van der Waals surface area contributed by atoms with E-state index in [2.05, 4.69) is 31.2 Å². The van der Waals surface area contributed by atoms with Crippen LogP contribution >= 0.6 is 11.3 Å². The molecule has 2 heterocycles. The molecule has 5 heteroatoms. The van der Waals surface area contributed by atoms with Crippen molar-refractivity contribution in [3.63, 3.8) is 0 Å². The third-order valence-electron chi connectivity index (χ3n) is 3.04. The van der Waals surface area contributed by atoms with Gasteiger partial charge in [0.15, 0.2) is 5.82 Å². The predicted octanol–water partition coefficient (Wildman–Crippen LogP) is 4.19. The molecule has 2 aromatic rings. The lowest BCUT2D eigenvalue weighted by Crippen LogP contribution is -2.12. The number of nitrogens with zero attached hydrogens (tertiary/aromatic N) is 1. The summed E-state index contributed by atoms with van der Waals surface area (Å²) in [4.78, 5) is 13.3. The Bertz CT molecular complexity index is 620. The molecule has 0 saturated heterocycles. The van der Waals surface area contributed by atoms with Crippen molar-refractivity contribution in [1.82, 2.24) is 5.16 Å². The van der Waals surface area contributed by atoms with Gasteiger partial charge in [-0.2, -0.15) is 0 Å². The first-order valence-corrected chi connectivity index (χ1v) is 7.46. The smallest absolute Gasteiger partial charge is 0.258 e. The largest absolute Gasteiger partial charge is 0.359 e. The number of rotatable bonds is 3. The molecule has 1 N–H and O–H groups in total. The van der Waals surface area contributed by atoms with Gasteiger partial charge in [0.05, 0.1) is 5.56 Å². The third kappa shape index (κ3) is 3.48. The molecule has 2 aromatic heterocycles. The van der Waals surface area contributed by atoms with Gasteiger partial charge in [-0.05, 0) is 24.8 Å². The van der Waals surface area contributed by atoms with Gasteiger partial charge < -0.3 is 9.84 Å². The van der Waals surface area contributed by atoms with Gasteiger partial charge in [0.1, 0.15) is 5.76 Å². The SMILES string of the molecule is Cc1scc(C(=O)Nc2cc(CC(C)(C)C)on2)c1C. The number of anilines is 1. The second kappa shape index (κ2) is 5.40. The van der Waals surface area contributed by atoms with Crippen molar-refractivity contribution in [2.24, 2.45) is 5.41 Å². The van der Waals surface area contributed by atoms with Crippen LogP contribution in [-0.4, -0.2) is 11.1 Å². The van der Waals surface area contributed by atoms with E-state index in [-0.39, 0.29) is 11.3 Å². The van der Waals surface area contributed by atoms with E-state index in [1.807, 2.05) is 19.2 Å². The van der Waals surface area contributed by atoms with E-state index in [1.54, 1.807) is 17.4 Å². The Morgan fingerprint density at radius 3 is 2.65 bits per heavy atom. The Labute approximate surface area is 123 Å². The average molecular weight is 292 g/mol. The first-order chi connectivity index (χ1) is 9.26. The number of aryl methyl sites for hydroxylation is 1. The lowest BCUT2D eigenvalue weighted by atomic mass is 9.91. The topological polar surface area (TPSA) is 55.1 Å². The van der Waals surface area contributed by atoms with Crippen LogP contribution in [0.3, 0.4) is 0 Å². The molecule has 20 heavy (non-hydrogen) atoms. The van der Waals surface area contributed by atoms with Gasteiger partial charge in [-0.15, -0.1) is 11.3 Å². The summed E-state index contributed by atoms with van der Waals surface area (Å²) in [5, 5.41) is 8.55. The molecule has 0 aliphatic carbocycles. The molecular formula is C15H20N2O2S. The average Bonchev–Trinajstić information content (AvgIpc) is 2.86. The number of carbonyl (C=O) groups is 1. The molecule has 1 amide bonds. The first-order valence-electron chi connectivity index (χ1n) is 6.58. The highest BCUT2D eigenvalue weighted by molar-refractivity contribution is 7.10. The van der Waals surface area contributed by atoms with Crippen molar-refractivity contribution < 1.29 is 9.32 Å². The molecule has 0 atom stereocenters. The van der Waals surface area contributed by atoms with E-state index in [4.69, 9.17) is 4.52 Å². The molecule has 0 unspecified atom stereocenters. The predicted molar refractivity (Wildman–Crippen MR) is 81.4 cm³/mol. The maximum absolute atomic E-state index is 12.2. The van der Waals surface area contributed by atoms with Gasteiger partial charge in [0, 0.05) is 22.7 Å². The number of hydrogen-bond donors (Lipinski definition) is 1. The minimum absolute atomic E-state index is 0.127. The van der Waals surface area contributed by atoms with Crippen molar-refractivity contribution in [2.75, 3.05) is 5.32 Å². The zero-order chi connectivity index (χ0) is 14.9. The van der Waals surface area contributed by atoms with Crippen molar-refractivity contribution in [3.05, 3.63) is 33.2 Å². The number of aromatic nitrogens is 1. The molecule has 0 bridgehead atoms.